The van der Waals surface area contributed by atoms with Crippen LogP contribution in [0.2, 0.25) is 0 Å². The first kappa shape index (κ1) is 11.6. The predicted octanol–water partition coefficient (Wildman–Crippen LogP) is -0.0300. The fourth-order valence-corrected chi connectivity index (χ4v) is 1.06. The number of rotatable bonds is 4. The summed E-state index contributed by atoms with van der Waals surface area (Å²) in [6.45, 7) is 3.66. The molecule has 16 heavy (non-hydrogen) atoms. The van der Waals surface area contributed by atoms with Gasteiger partial charge in [0.15, 0.2) is 0 Å². The van der Waals surface area contributed by atoms with Crippen LogP contribution in [0, 0.1) is 10.1 Å². The van der Waals surface area contributed by atoms with Crippen molar-refractivity contribution < 1.29 is 4.92 Å². The SMILES string of the molecule is C=CCn1cc(C=C[N+](=O)[O-])c(=O)[nH]c1=O. The number of hydrogen-bond acceptors (Lipinski definition) is 4. The van der Waals surface area contributed by atoms with Gasteiger partial charge in [0.2, 0.25) is 6.20 Å². The molecule has 0 bridgehead atoms. The number of nitro groups is 1. The Labute approximate surface area is 89.5 Å². The van der Waals surface area contributed by atoms with Crippen LogP contribution in [0.5, 0.6) is 0 Å². The van der Waals surface area contributed by atoms with E-state index >= 15 is 0 Å². The molecule has 0 aliphatic carbocycles. The minimum Gasteiger partial charge on any atom is -0.296 e. The third-order valence-corrected chi connectivity index (χ3v) is 1.74. The van der Waals surface area contributed by atoms with Crippen molar-refractivity contribution in [1.82, 2.24) is 9.55 Å². The van der Waals surface area contributed by atoms with Crippen LogP contribution in [0.3, 0.4) is 0 Å². The minimum absolute atomic E-state index is 0.0400. The maximum Gasteiger partial charge on any atom is 0.328 e. The molecule has 0 saturated heterocycles. The second kappa shape index (κ2) is 4.87. The summed E-state index contributed by atoms with van der Waals surface area (Å²) in [6.07, 6.45) is 4.37. The van der Waals surface area contributed by atoms with E-state index in [2.05, 4.69) is 6.58 Å². The Morgan fingerprint density at radius 3 is 2.81 bits per heavy atom. The number of aromatic nitrogens is 2. The van der Waals surface area contributed by atoms with Gasteiger partial charge >= 0.3 is 5.69 Å². The van der Waals surface area contributed by atoms with E-state index < -0.39 is 16.2 Å². The lowest BCUT2D eigenvalue weighted by molar-refractivity contribution is -0.400. The molecule has 1 heterocycles. The molecule has 0 aromatic carbocycles. The number of H-pyrrole nitrogens is 1. The number of nitrogens with one attached hydrogen (secondary N) is 1. The molecule has 1 aromatic heterocycles. The van der Waals surface area contributed by atoms with Gasteiger partial charge in [-0.3, -0.25) is 24.5 Å². The van der Waals surface area contributed by atoms with Crippen LogP contribution in [-0.4, -0.2) is 14.5 Å². The van der Waals surface area contributed by atoms with Crippen LogP contribution in [0.4, 0.5) is 0 Å². The standard InChI is InChI=1S/C9H9N3O4/c1-2-4-11-6-7(3-5-12(15)16)8(13)10-9(11)14/h2-3,5-6H,1,4H2,(H,10,13,14). The Hall–Kier alpha value is -2.44. The zero-order chi connectivity index (χ0) is 12.1. The highest BCUT2D eigenvalue weighted by molar-refractivity contribution is 5.44. The number of allylic oxidation sites excluding steroid dienone is 1. The zero-order valence-corrected chi connectivity index (χ0v) is 8.25. The van der Waals surface area contributed by atoms with Gasteiger partial charge in [-0.2, -0.15) is 0 Å². The molecule has 0 radical (unpaired) electrons. The van der Waals surface area contributed by atoms with Crippen molar-refractivity contribution in [2.24, 2.45) is 0 Å². The highest BCUT2D eigenvalue weighted by Gasteiger charge is 2.01. The van der Waals surface area contributed by atoms with Crippen molar-refractivity contribution in [1.29, 1.82) is 0 Å². The molecule has 0 spiro atoms. The fraction of sp³-hybridized carbons (Fsp3) is 0.111. The van der Waals surface area contributed by atoms with Gasteiger partial charge in [-0.1, -0.05) is 6.08 Å². The summed E-state index contributed by atoms with van der Waals surface area (Å²) in [6, 6.07) is 0. The van der Waals surface area contributed by atoms with Crippen LogP contribution in [0.1, 0.15) is 5.56 Å². The first-order valence-corrected chi connectivity index (χ1v) is 4.31. The van der Waals surface area contributed by atoms with Crippen molar-refractivity contribution in [2.45, 2.75) is 6.54 Å². The van der Waals surface area contributed by atoms with Gasteiger partial charge in [-0.15, -0.1) is 6.58 Å². The quantitative estimate of drug-likeness (QED) is 0.440. The summed E-state index contributed by atoms with van der Waals surface area (Å²) < 4.78 is 1.19. The molecule has 0 unspecified atom stereocenters. The second-order valence-corrected chi connectivity index (χ2v) is 2.89. The molecule has 84 valence electrons. The van der Waals surface area contributed by atoms with Crippen molar-refractivity contribution in [3.8, 4) is 0 Å². The van der Waals surface area contributed by atoms with E-state index in [0.717, 1.165) is 6.08 Å². The molecule has 0 fully saturated rings. The van der Waals surface area contributed by atoms with Crippen molar-refractivity contribution in [3.05, 3.63) is 61.6 Å². The van der Waals surface area contributed by atoms with Gasteiger partial charge in [0.05, 0.1) is 10.5 Å². The zero-order valence-electron chi connectivity index (χ0n) is 8.25. The van der Waals surface area contributed by atoms with E-state index in [1.165, 1.54) is 16.8 Å². The number of hydrogen-bond donors (Lipinski definition) is 1. The summed E-state index contributed by atoms with van der Waals surface area (Å²) in [7, 11) is 0. The van der Waals surface area contributed by atoms with Crippen LogP contribution in [-0.2, 0) is 6.54 Å². The Balaban J connectivity index is 3.24. The molecule has 0 aliphatic rings. The fourth-order valence-electron chi connectivity index (χ4n) is 1.06. The van der Waals surface area contributed by atoms with E-state index in [0.29, 0.717) is 6.20 Å². The molecular weight excluding hydrogens is 214 g/mol. The lowest BCUT2D eigenvalue weighted by Gasteiger charge is -2.00. The van der Waals surface area contributed by atoms with Crippen LogP contribution in [0.25, 0.3) is 6.08 Å². The highest BCUT2D eigenvalue weighted by atomic mass is 16.6. The first-order chi connectivity index (χ1) is 7.54. The summed E-state index contributed by atoms with van der Waals surface area (Å²) in [4.78, 5) is 33.9. The van der Waals surface area contributed by atoms with Crippen LogP contribution < -0.4 is 11.2 Å². The third-order valence-electron chi connectivity index (χ3n) is 1.74. The van der Waals surface area contributed by atoms with E-state index in [4.69, 9.17) is 0 Å². The summed E-state index contributed by atoms with van der Waals surface area (Å²) >= 11 is 0. The molecule has 1 aromatic rings. The molecular formula is C9H9N3O4. The van der Waals surface area contributed by atoms with Crippen molar-refractivity contribution in [2.75, 3.05) is 0 Å². The topological polar surface area (TPSA) is 98.0 Å². The molecule has 0 saturated carbocycles. The average molecular weight is 223 g/mol. The minimum atomic E-state index is -0.692. The van der Waals surface area contributed by atoms with Crippen LogP contribution in [0.15, 0.2) is 34.6 Å². The maximum absolute atomic E-state index is 11.2. The van der Waals surface area contributed by atoms with Crippen LogP contribution >= 0.6 is 0 Å². The first-order valence-electron chi connectivity index (χ1n) is 4.31. The monoisotopic (exact) mass is 223 g/mol. The summed E-state index contributed by atoms with van der Waals surface area (Å²) in [5.41, 5.74) is -1.20. The van der Waals surface area contributed by atoms with Gasteiger partial charge < -0.3 is 0 Å². The molecule has 0 aliphatic heterocycles. The average Bonchev–Trinajstić information content (AvgIpc) is 2.20. The third kappa shape index (κ3) is 2.77. The van der Waals surface area contributed by atoms with E-state index in [-0.39, 0.29) is 12.1 Å². The number of aromatic amines is 1. The Morgan fingerprint density at radius 1 is 1.56 bits per heavy atom. The molecule has 1 N–H and O–H groups in total. The van der Waals surface area contributed by atoms with E-state index in [1.54, 1.807) is 0 Å². The molecule has 1 rings (SSSR count). The summed E-state index contributed by atoms with van der Waals surface area (Å²) in [5.74, 6) is 0. The summed E-state index contributed by atoms with van der Waals surface area (Å²) in [5, 5.41) is 10.1. The molecule has 7 nitrogen and oxygen atoms in total. The predicted molar refractivity (Wildman–Crippen MR) is 57.5 cm³/mol. The Kier molecular flexibility index (Phi) is 3.54. The second-order valence-electron chi connectivity index (χ2n) is 2.89. The van der Waals surface area contributed by atoms with Crippen molar-refractivity contribution >= 4 is 6.08 Å². The van der Waals surface area contributed by atoms with Gasteiger partial charge in [-0.05, 0) is 0 Å². The Bertz CT molecular complexity index is 553. The lowest BCUT2D eigenvalue weighted by atomic mass is 10.3. The lowest BCUT2D eigenvalue weighted by Crippen LogP contribution is -2.30. The number of nitrogens with zero attached hydrogens (tertiary/aromatic N) is 2. The maximum atomic E-state index is 11.2. The van der Waals surface area contributed by atoms with Gasteiger partial charge in [-0.25, -0.2) is 4.79 Å². The Morgan fingerprint density at radius 2 is 2.25 bits per heavy atom. The van der Waals surface area contributed by atoms with Gasteiger partial charge in [0, 0.05) is 18.8 Å². The molecule has 0 atom stereocenters. The smallest absolute Gasteiger partial charge is 0.296 e. The molecule has 7 heteroatoms. The van der Waals surface area contributed by atoms with Crippen molar-refractivity contribution in [3.63, 3.8) is 0 Å². The highest BCUT2D eigenvalue weighted by Crippen LogP contribution is 1.92. The van der Waals surface area contributed by atoms with E-state index in [1.807, 2.05) is 4.98 Å². The normalized spacial score (nSPS) is 10.5. The largest absolute Gasteiger partial charge is 0.328 e. The molecule has 0 amide bonds. The van der Waals surface area contributed by atoms with E-state index in [9.17, 15) is 19.7 Å². The van der Waals surface area contributed by atoms with Gasteiger partial charge in [0.1, 0.15) is 0 Å². The van der Waals surface area contributed by atoms with Gasteiger partial charge in [0.25, 0.3) is 5.56 Å².